The lowest BCUT2D eigenvalue weighted by Crippen LogP contribution is -2.52. The summed E-state index contributed by atoms with van der Waals surface area (Å²) in [4.78, 5) is 23.6. The van der Waals surface area contributed by atoms with Crippen LogP contribution in [0.2, 0.25) is 0 Å². The maximum absolute atomic E-state index is 12.0. The molecule has 1 saturated heterocycles. The topological polar surface area (TPSA) is 67.4 Å². The third-order valence-electron chi connectivity index (χ3n) is 3.14. The maximum atomic E-state index is 12.0. The van der Waals surface area contributed by atoms with Crippen molar-refractivity contribution in [1.29, 1.82) is 0 Å². The standard InChI is InChI=1S/C13H24N2O3/c1-9(2)8-11(13(17)18-3)15-12(16)10-6-4-5-7-14-10/h9-11,14H,4-8H2,1-3H3,(H,15,16)/t10-,11?/m0/s1. The highest BCUT2D eigenvalue weighted by Gasteiger charge is 2.27. The second-order valence-electron chi connectivity index (χ2n) is 5.22. The smallest absolute Gasteiger partial charge is 0.328 e. The van der Waals surface area contributed by atoms with Crippen molar-refractivity contribution in [3.05, 3.63) is 0 Å². The van der Waals surface area contributed by atoms with Crippen molar-refractivity contribution in [2.45, 2.75) is 51.6 Å². The van der Waals surface area contributed by atoms with Gasteiger partial charge in [-0.2, -0.15) is 0 Å². The SMILES string of the molecule is COC(=O)C(CC(C)C)NC(=O)[C@@H]1CCCCN1. The molecule has 0 aliphatic carbocycles. The molecule has 5 heteroatoms. The lowest BCUT2D eigenvalue weighted by atomic mass is 10.0. The molecule has 1 fully saturated rings. The van der Waals surface area contributed by atoms with E-state index in [-0.39, 0.29) is 17.9 Å². The molecule has 18 heavy (non-hydrogen) atoms. The summed E-state index contributed by atoms with van der Waals surface area (Å²) in [6.07, 6.45) is 3.60. The van der Waals surface area contributed by atoms with Gasteiger partial charge in [0.2, 0.25) is 5.91 Å². The first kappa shape index (κ1) is 15.0. The van der Waals surface area contributed by atoms with E-state index < -0.39 is 6.04 Å². The molecule has 1 aliphatic rings. The molecule has 0 bridgehead atoms. The molecular formula is C13H24N2O3. The summed E-state index contributed by atoms with van der Waals surface area (Å²) in [6.45, 7) is 4.90. The summed E-state index contributed by atoms with van der Waals surface area (Å²) in [5.41, 5.74) is 0. The molecule has 0 aromatic heterocycles. The molecule has 1 unspecified atom stereocenters. The normalized spacial score (nSPS) is 21.4. The van der Waals surface area contributed by atoms with Crippen LogP contribution >= 0.6 is 0 Å². The maximum Gasteiger partial charge on any atom is 0.328 e. The third-order valence-corrected chi connectivity index (χ3v) is 3.14. The zero-order valence-electron chi connectivity index (χ0n) is 11.5. The van der Waals surface area contributed by atoms with Gasteiger partial charge in [0.25, 0.3) is 0 Å². The van der Waals surface area contributed by atoms with Crippen LogP contribution in [0.4, 0.5) is 0 Å². The number of ether oxygens (including phenoxy) is 1. The average Bonchev–Trinajstić information content (AvgIpc) is 2.37. The monoisotopic (exact) mass is 256 g/mol. The number of carbonyl (C=O) groups excluding carboxylic acids is 2. The van der Waals surface area contributed by atoms with Gasteiger partial charge in [-0.15, -0.1) is 0 Å². The van der Waals surface area contributed by atoms with Gasteiger partial charge in [-0.25, -0.2) is 4.79 Å². The van der Waals surface area contributed by atoms with Crippen LogP contribution in [0.15, 0.2) is 0 Å². The Balaban J connectivity index is 2.52. The van der Waals surface area contributed by atoms with Gasteiger partial charge in [-0.1, -0.05) is 20.3 Å². The molecule has 2 atom stereocenters. The van der Waals surface area contributed by atoms with E-state index in [0.29, 0.717) is 12.3 Å². The largest absolute Gasteiger partial charge is 0.467 e. The van der Waals surface area contributed by atoms with Crippen LogP contribution in [0.1, 0.15) is 39.5 Å². The van der Waals surface area contributed by atoms with Crippen molar-refractivity contribution in [3.63, 3.8) is 0 Å². The summed E-state index contributed by atoms with van der Waals surface area (Å²) >= 11 is 0. The molecule has 5 nitrogen and oxygen atoms in total. The molecule has 104 valence electrons. The molecule has 0 spiro atoms. The molecule has 0 saturated carbocycles. The Morgan fingerprint density at radius 2 is 2.11 bits per heavy atom. The van der Waals surface area contributed by atoms with E-state index in [1.54, 1.807) is 0 Å². The highest BCUT2D eigenvalue weighted by molar-refractivity contribution is 5.87. The van der Waals surface area contributed by atoms with Gasteiger partial charge in [0.05, 0.1) is 13.2 Å². The number of hydrogen-bond donors (Lipinski definition) is 2. The minimum atomic E-state index is -0.536. The molecule has 1 aliphatic heterocycles. The summed E-state index contributed by atoms with van der Waals surface area (Å²) in [7, 11) is 1.35. The van der Waals surface area contributed by atoms with Crippen LogP contribution in [0.3, 0.4) is 0 Å². The summed E-state index contributed by atoms with van der Waals surface area (Å²) in [5, 5.41) is 5.96. The molecule has 0 aromatic rings. The number of hydrogen-bond acceptors (Lipinski definition) is 4. The Kier molecular flexibility index (Phi) is 6.12. The number of rotatable bonds is 5. The van der Waals surface area contributed by atoms with E-state index in [1.807, 2.05) is 13.8 Å². The van der Waals surface area contributed by atoms with E-state index >= 15 is 0 Å². The van der Waals surface area contributed by atoms with Crippen molar-refractivity contribution in [1.82, 2.24) is 10.6 Å². The first-order valence-electron chi connectivity index (χ1n) is 6.66. The van der Waals surface area contributed by atoms with Gasteiger partial charge in [0.15, 0.2) is 0 Å². The Labute approximate surface area is 109 Å². The Bertz CT molecular complexity index is 286. The third kappa shape index (κ3) is 4.64. The van der Waals surface area contributed by atoms with Crippen LogP contribution < -0.4 is 10.6 Å². The van der Waals surface area contributed by atoms with Crippen LogP contribution in [0.25, 0.3) is 0 Å². The number of carbonyl (C=O) groups is 2. The fourth-order valence-corrected chi connectivity index (χ4v) is 2.18. The zero-order chi connectivity index (χ0) is 13.5. The second kappa shape index (κ2) is 7.36. The summed E-state index contributed by atoms with van der Waals surface area (Å²) < 4.78 is 4.73. The van der Waals surface area contributed by atoms with E-state index in [4.69, 9.17) is 4.74 Å². The van der Waals surface area contributed by atoms with Crippen molar-refractivity contribution < 1.29 is 14.3 Å². The summed E-state index contributed by atoms with van der Waals surface area (Å²) in [5.74, 6) is -0.132. The molecule has 1 rings (SSSR count). The minimum Gasteiger partial charge on any atom is -0.467 e. The second-order valence-corrected chi connectivity index (χ2v) is 5.22. The number of piperidine rings is 1. The lowest BCUT2D eigenvalue weighted by molar-refractivity contribution is -0.145. The first-order chi connectivity index (χ1) is 8.54. The number of esters is 1. The number of amides is 1. The minimum absolute atomic E-state index is 0.0919. The van der Waals surface area contributed by atoms with E-state index in [9.17, 15) is 9.59 Å². The highest BCUT2D eigenvalue weighted by Crippen LogP contribution is 2.10. The lowest BCUT2D eigenvalue weighted by Gasteiger charge is -2.25. The molecular weight excluding hydrogens is 232 g/mol. The van der Waals surface area contributed by atoms with Crippen LogP contribution in [-0.2, 0) is 14.3 Å². The van der Waals surface area contributed by atoms with Crippen LogP contribution in [0, 0.1) is 5.92 Å². The molecule has 1 heterocycles. The van der Waals surface area contributed by atoms with E-state index in [2.05, 4.69) is 10.6 Å². The number of methoxy groups -OCH3 is 1. The van der Waals surface area contributed by atoms with Crippen molar-refractivity contribution in [2.24, 2.45) is 5.92 Å². The van der Waals surface area contributed by atoms with Crippen molar-refractivity contribution >= 4 is 11.9 Å². The molecule has 0 radical (unpaired) electrons. The van der Waals surface area contributed by atoms with Gasteiger partial charge in [0, 0.05) is 0 Å². The first-order valence-corrected chi connectivity index (χ1v) is 6.66. The molecule has 1 amide bonds. The van der Waals surface area contributed by atoms with Gasteiger partial charge in [-0.3, -0.25) is 4.79 Å². The highest BCUT2D eigenvalue weighted by atomic mass is 16.5. The van der Waals surface area contributed by atoms with Gasteiger partial charge in [0.1, 0.15) is 6.04 Å². The van der Waals surface area contributed by atoms with Crippen LogP contribution in [-0.4, -0.2) is 37.6 Å². The van der Waals surface area contributed by atoms with Gasteiger partial charge >= 0.3 is 5.97 Å². The molecule has 2 N–H and O–H groups in total. The van der Waals surface area contributed by atoms with Gasteiger partial charge in [-0.05, 0) is 31.7 Å². The fourth-order valence-electron chi connectivity index (χ4n) is 2.18. The van der Waals surface area contributed by atoms with Crippen molar-refractivity contribution in [2.75, 3.05) is 13.7 Å². The molecule has 0 aromatic carbocycles. The Hall–Kier alpha value is -1.10. The Morgan fingerprint density at radius 3 is 2.61 bits per heavy atom. The van der Waals surface area contributed by atoms with E-state index in [0.717, 1.165) is 25.8 Å². The average molecular weight is 256 g/mol. The van der Waals surface area contributed by atoms with Crippen LogP contribution in [0.5, 0.6) is 0 Å². The summed E-state index contributed by atoms with van der Waals surface area (Å²) in [6, 6.07) is -0.704. The van der Waals surface area contributed by atoms with Gasteiger partial charge < -0.3 is 15.4 Å². The predicted octanol–water partition coefficient (Wildman–Crippen LogP) is 0.832. The Morgan fingerprint density at radius 1 is 1.39 bits per heavy atom. The predicted molar refractivity (Wildman–Crippen MR) is 69.0 cm³/mol. The van der Waals surface area contributed by atoms with E-state index in [1.165, 1.54) is 7.11 Å². The zero-order valence-corrected chi connectivity index (χ0v) is 11.5. The van der Waals surface area contributed by atoms with Crippen molar-refractivity contribution in [3.8, 4) is 0 Å². The number of nitrogens with one attached hydrogen (secondary N) is 2. The fraction of sp³-hybridized carbons (Fsp3) is 0.846. The quantitative estimate of drug-likeness (QED) is 0.715.